The molecule has 0 aliphatic rings. The van der Waals surface area contributed by atoms with E-state index in [1.807, 2.05) is 58.9 Å². The van der Waals surface area contributed by atoms with E-state index in [9.17, 15) is 9.59 Å². The number of hydrogen-bond acceptors (Lipinski definition) is 4. The standard InChI is InChI=1S/C21H29N3O3/c1-7-21(5,6)22-18(25)13-27-20(26)19-15(3)23-24(16(19)4)12-17-10-8-14(2)9-11-17/h8-11H,7,12-13H2,1-6H3,(H,22,25). The Morgan fingerprint density at radius 1 is 1.15 bits per heavy atom. The van der Waals surface area contributed by atoms with E-state index in [-0.39, 0.29) is 18.1 Å². The Kier molecular flexibility index (Phi) is 6.41. The van der Waals surface area contributed by atoms with Gasteiger partial charge in [0, 0.05) is 5.54 Å². The largest absolute Gasteiger partial charge is 0.452 e. The Hall–Kier alpha value is -2.63. The van der Waals surface area contributed by atoms with E-state index >= 15 is 0 Å². The molecule has 0 bridgehead atoms. The predicted octanol–water partition coefficient (Wildman–Crippen LogP) is 3.32. The molecular formula is C21H29N3O3. The summed E-state index contributed by atoms with van der Waals surface area (Å²) in [5, 5.41) is 7.31. The fourth-order valence-corrected chi connectivity index (χ4v) is 2.72. The molecule has 1 amide bonds. The maximum atomic E-state index is 12.5. The molecule has 0 aliphatic carbocycles. The van der Waals surface area contributed by atoms with Crippen molar-refractivity contribution in [3.05, 3.63) is 52.3 Å². The number of ether oxygens (including phenoxy) is 1. The number of nitrogens with one attached hydrogen (secondary N) is 1. The van der Waals surface area contributed by atoms with Gasteiger partial charge in [-0.25, -0.2) is 4.79 Å². The normalized spacial score (nSPS) is 11.3. The van der Waals surface area contributed by atoms with Gasteiger partial charge in [0.1, 0.15) is 5.56 Å². The number of aryl methyl sites for hydroxylation is 2. The molecule has 0 atom stereocenters. The number of rotatable bonds is 7. The molecular weight excluding hydrogens is 342 g/mol. The van der Waals surface area contributed by atoms with Crippen LogP contribution in [0.15, 0.2) is 24.3 Å². The number of carbonyl (C=O) groups is 2. The third-order valence-electron chi connectivity index (χ3n) is 4.73. The molecule has 0 spiro atoms. The van der Waals surface area contributed by atoms with Crippen LogP contribution in [-0.4, -0.2) is 33.8 Å². The van der Waals surface area contributed by atoms with Crippen LogP contribution in [-0.2, 0) is 16.1 Å². The van der Waals surface area contributed by atoms with Crippen molar-refractivity contribution in [1.29, 1.82) is 0 Å². The number of esters is 1. The lowest BCUT2D eigenvalue weighted by molar-refractivity contribution is -0.125. The number of benzene rings is 1. The van der Waals surface area contributed by atoms with Gasteiger partial charge in [0.15, 0.2) is 6.61 Å². The molecule has 1 aromatic heterocycles. The number of hydrogen-bond donors (Lipinski definition) is 1. The van der Waals surface area contributed by atoms with Gasteiger partial charge in [-0.05, 0) is 46.6 Å². The summed E-state index contributed by atoms with van der Waals surface area (Å²) in [7, 11) is 0. The zero-order chi connectivity index (χ0) is 20.2. The van der Waals surface area contributed by atoms with Crippen LogP contribution in [0.5, 0.6) is 0 Å². The van der Waals surface area contributed by atoms with Gasteiger partial charge in [0.25, 0.3) is 5.91 Å². The zero-order valence-corrected chi connectivity index (χ0v) is 17.0. The van der Waals surface area contributed by atoms with Crippen LogP contribution in [0, 0.1) is 20.8 Å². The number of nitrogens with zero attached hydrogens (tertiary/aromatic N) is 2. The van der Waals surface area contributed by atoms with Crippen LogP contribution < -0.4 is 5.32 Å². The van der Waals surface area contributed by atoms with Crippen molar-refractivity contribution in [1.82, 2.24) is 15.1 Å². The van der Waals surface area contributed by atoms with Gasteiger partial charge in [-0.1, -0.05) is 36.8 Å². The molecule has 146 valence electrons. The first-order valence-electron chi connectivity index (χ1n) is 9.20. The Morgan fingerprint density at radius 3 is 2.37 bits per heavy atom. The molecule has 0 aliphatic heterocycles. The van der Waals surface area contributed by atoms with Crippen molar-refractivity contribution in [3.8, 4) is 0 Å². The van der Waals surface area contributed by atoms with Gasteiger partial charge < -0.3 is 10.1 Å². The fourth-order valence-electron chi connectivity index (χ4n) is 2.72. The molecule has 6 heteroatoms. The summed E-state index contributed by atoms with van der Waals surface area (Å²) in [6.07, 6.45) is 0.788. The molecule has 1 aromatic carbocycles. The average Bonchev–Trinajstić information content (AvgIpc) is 2.88. The Morgan fingerprint density at radius 2 is 1.78 bits per heavy atom. The lowest BCUT2D eigenvalue weighted by Gasteiger charge is -2.24. The molecule has 1 heterocycles. The first-order chi connectivity index (χ1) is 12.6. The molecule has 2 rings (SSSR count). The van der Waals surface area contributed by atoms with Gasteiger partial charge in [-0.15, -0.1) is 0 Å². The van der Waals surface area contributed by atoms with Gasteiger partial charge in [0.05, 0.1) is 17.9 Å². The van der Waals surface area contributed by atoms with Gasteiger partial charge in [-0.2, -0.15) is 5.10 Å². The molecule has 6 nitrogen and oxygen atoms in total. The number of carbonyl (C=O) groups excluding carboxylic acids is 2. The van der Waals surface area contributed by atoms with Crippen LogP contribution in [0.2, 0.25) is 0 Å². The van der Waals surface area contributed by atoms with E-state index < -0.39 is 5.97 Å². The number of amides is 1. The van der Waals surface area contributed by atoms with E-state index in [1.54, 1.807) is 11.6 Å². The lowest BCUT2D eigenvalue weighted by atomic mass is 10.0. The molecule has 0 radical (unpaired) electrons. The van der Waals surface area contributed by atoms with Crippen molar-refractivity contribution >= 4 is 11.9 Å². The second-order valence-electron chi connectivity index (χ2n) is 7.55. The Bertz CT molecular complexity index is 820. The molecule has 1 N–H and O–H groups in total. The summed E-state index contributed by atoms with van der Waals surface area (Å²) in [5.41, 5.74) is 3.72. The SMILES string of the molecule is CCC(C)(C)NC(=O)COC(=O)c1c(C)nn(Cc2ccc(C)cc2)c1C. The van der Waals surface area contributed by atoms with Crippen LogP contribution in [0.3, 0.4) is 0 Å². The highest BCUT2D eigenvalue weighted by atomic mass is 16.5. The summed E-state index contributed by atoms with van der Waals surface area (Å²) >= 11 is 0. The second kappa shape index (κ2) is 8.37. The average molecular weight is 371 g/mol. The maximum absolute atomic E-state index is 12.5. The van der Waals surface area contributed by atoms with Crippen LogP contribution in [0.25, 0.3) is 0 Å². The Labute approximate surface area is 160 Å². The molecule has 0 saturated carbocycles. The van der Waals surface area contributed by atoms with E-state index in [0.717, 1.165) is 17.7 Å². The minimum Gasteiger partial charge on any atom is -0.452 e. The molecule has 0 unspecified atom stereocenters. The van der Waals surface area contributed by atoms with Crippen molar-refractivity contribution in [2.24, 2.45) is 0 Å². The highest BCUT2D eigenvalue weighted by Gasteiger charge is 2.23. The summed E-state index contributed by atoms with van der Waals surface area (Å²) in [4.78, 5) is 24.5. The molecule has 0 fully saturated rings. The van der Waals surface area contributed by atoms with Crippen LogP contribution >= 0.6 is 0 Å². The molecule has 2 aromatic rings. The summed E-state index contributed by atoms with van der Waals surface area (Å²) in [5.74, 6) is -0.831. The first-order valence-corrected chi connectivity index (χ1v) is 9.20. The predicted molar refractivity (Wildman–Crippen MR) is 105 cm³/mol. The van der Waals surface area contributed by atoms with Crippen molar-refractivity contribution in [3.63, 3.8) is 0 Å². The van der Waals surface area contributed by atoms with E-state index in [4.69, 9.17) is 4.74 Å². The van der Waals surface area contributed by atoms with E-state index in [0.29, 0.717) is 17.8 Å². The van der Waals surface area contributed by atoms with Gasteiger partial charge >= 0.3 is 5.97 Å². The highest BCUT2D eigenvalue weighted by molar-refractivity contribution is 5.93. The third-order valence-corrected chi connectivity index (χ3v) is 4.73. The molecule has 27 heavy (non-hydrogen) atoms. The van der Waals surface area contributed by atoms with Crippen molar-refractivity contribution in [2.75, 3.05) is 6.61 Å². The van der Waals surface area contributed by atoms with Gasteiger partial charge in [0.2, 0.25) is 0 Å². The summed E-state index contributed by atoms with van der Waals surface area (Å²) < 4.78 is 7.01. The quantitative estimate of drug-likeness (QED) is 0.758. The molecule has 0 saturated heterocycles. The minimum atomic E-state index is -0.524. The first kappa shape index (κ1) is 20.7. The number of aromatic nitrogens is 2. The monoisotopic (exact) mass is 371 g/mol. The smallest absolute Gasteiger partial charge is 0.342 e. The Balaban J connectivity index is 2.05. The van der Waals surface area contributed by atoms with E-state index in [2.05, 4.69) is 10.4 Å². The lowest BCUT2D eigenvalue weighted by Crippen LogP contribution is -2.44. The maximum Gasteiger partial charge on any atom is 0.342 e. The zero-order valence-electron chi connectivity index (χ0n) is 17.0. The summed E-state index contributed by atoms with van der Waals surface area (Å²) in [6.45, 7) is 11.8. The summed E-state index contributed by atoms with van der Waals surface area (Å²) in [6, 6.07) is 8.19. The minimum absolute atomic E-state index is 0.301. The van der Waals surface area contributed by atoms with Gasteiger partial charge in [-0.3, -0.25) is 9.48 Å². The van der Waals surface area contributed by atoms with Crippen molar-refractivity contribution < 1.29 is 14.3 Å². The second-order valence-corrected chi connectivity index (χ2v) is 7.55. The highest BCUT2D eigenvalue weighted by Crippen LogP contribution is 2.16. The fraction of sp³-hybridized carbons (Fsp3) is 0.476. The topological polar surface area (TPSA) is 73.2 Å². The van der Waals surface area contributed by atoms with Crippen molar-refractivity contribution in [2.45, 2.75) is 60.0 Å². The third kappa shape index (κ3) is 5.42. The van der Waals surface area contributed by atoms with Crippen LogP contribution in [0.4, 0.5) is 0 Å². The van der Waals surface area contributed by atoms with Crippen LogP contribution in [0.1, 0.15) is 60.1 Å². The van der Waals surface area contributed by atoms with E-state index in [1.165, 1.54) is 5.56 Å².